The quantitative estimate of drug-likeness (QED) is 0.628. The monoisotopic (exact) mass is 394 g/mol. The Morgan fingerprint density at radius 1 is 1.34 bits per heavy atom. The summed E-state index contributed by atoms with van der Waals surface area (Å²) < 4.78 is 21.8. The summed E-state index contributed by atoms with van der Waals surface area (Å²) in [5, 5.41) is 7.11. The van der Waals surface area contributed by atoms with Crippen molar-refractivity contribution in [2.75, 3.05) is 18.0 Å². The number of carbonyl (C=O) groups excluding carboxylic acids is 1. The Hall–Kier alpha value is -3.23. The zero-order chi connectivity index (χ0) is 19.7. The van der Waals surface area contributed by atoms with Crippen molar-refractivity contribution in [1.29, 1.82) is 0 Å². The smallest absolute Gasteiger partial charge is 0.256 e. The molecule has 1 saturated carbocycles. The highest BCUT2D eigenvalue weighted by atomic mass is 19.1. The number of piperidine rings is 1. The molecule has 0 radical (unpaired) electrons. The van der Waals surface area contributed by atoms with Crippen molar-refractivity contribution < 1.29 is 13.9 Å². The van der Waals surface area contributed by atoms with Crippen LogP contribution in [0.4, 0.5) is 10.2 Å². The molecule has 0 spiro atoms. The summed E-state index contributed by atoms with van der Waals surface area (Å²) in [7, 11) is 0. The van der Waals surface area contributed by atoms with Gasteiger partial charge in [-0.25, -0.2) is 18.9 Å². The Morgan fingerprint density at radius 3 is 3.14 bits per heavy atom. The van der Waals surface area contributed by atoms with Crippen molar-refractivity contribution in [3.63, 3.8) is 0 Å². The molecular formula is C20H19FN6O2. The number of rotatable bonds is 0. The Balaban J connectivity index is 1.55. The average molecular weight is 394 g/mol. The van der Waals surface area contributed by atoms with Gasteiger partial charge in [-0.1, -0.05) is 0 Å². The van der Waals surface area contributed by atoms with E-state index < -0.39 is 0 Å². The molecule has 2 bridgehead atoms. The molecule has 5 heterocycles. The first-order valence-electron chi connectivity index (χ1n) is 9.80. The molecular weight excluding hydrogens is 375 g/mol. The summed E-state index contributed by atoms with van der Waals surface area (Å²) in [6.45, 7) is 2.97. The van der Waals surface area contributed by atoms with Gasteiger partial charge in [-0.15, -0.1) is 0 Å². The predicted octanol–water partition coefficient (Wildman–Crippen LogP) is 1.97. The standard InChI is InChI=1S/C20H19FN6O2/c1-10-6-22-19(28)15-8-24-27-3-2-16(25-18(15)27)26-9-11-4-13(11)17(26)14-5-12(21)7-23-20(14)29-10/h2-3,5,7-8,10-11,13,17H,4,6,9H2,1H3,(H,22,28)/t10-,11+,13+,17+/m0/s1. The molecule has 29 heavy (non-hydrogen) atoms. The predicted molar refractivity (Wildman–Crippen MR) is 101 cm³/mol. The van der Waals surface area contributed by atoms with E-state index in [1.54, 1.807) is 10.7 Å². The molecule has 3 aromatic rings. The number of aromatic nitrogens is 4. The highest BCUT2D eigenvalue weighted by Gasteiger charge is 2.54. The van der Waals surface area contributed by atoms with Gasteiger partial charge in [0.1, 0.15) is 23.3 Å². The van der Waals surface area contributed by atoms with Gasteiger partial charge in [0, 0.05) is 18.3 Å². The molecule has 3 aromatic heterocycles. The second-order valence-electron chi connectivity index (χ2n) is 8.06. The lowest BCUT2D eigenvalue weighted by atomic mass is 10.0. The van der Waals surface area contributed by atoms with Crippen LogP contribution >= 0.6 is 0 Å². The van der Waals surface area contributed by atoms with E-state index in [0.717, 1.165) is 24.3 Å². The minimum Gasteiger partial charge on any atom is -0.473 e. The molecule has 148 valence electrons. The van der Waals surface area contributed by atoms with E-state index in [4.69, 9.17) is 9.72 Å². The molecule has 0 unspecified atom stereocenters. The lowest BCUT2D eigenvalue weighted by molar-refractivity contribution is 0.0932. The average Bonchev–Trinajstić information content (AvgIpc) is 3.18. The molecule has 9 heteroatoms. The first kappa shape index (κ1) is 16.7. The van der Waals surface area contributed by atoms with Gasteiger partial charge in [0.25, 0.3) is 5.91 Å². The first-order valence-corrected chi connectivity index (χ1v) is 9.80. The largest absolute Gasteiger partial charge is 0.473 e. The summed E-state index contributed by atoms with van der Waals surface area (Å²) >= 11 is 0. The fourth-order valence-electron chi connectivity index (χ4n) is 4.60. The normalized spacial score (nSPS) is 27.8. The molecule has 1 aliphatic carbocycles. The van der Waals surface area contributed by atoms with Crippen LogP contribution in [-0.2, 0) is 0 Å². The molecule has 6 rings (SSSR count). The number of fused-ring (bicyclic) bond motifs is 7. The number of ether oxygens (including phenoxy) is 1. The summed E-state index contributed by atoms with van der Waals surface area (Å²) in [6.07, 6.45) is 5.28. The van der Waals surface area contributed by atoms with Gasteiger partial charge in [0.2, 0.25) is 5.88 Å². The molecule has 1 amide bonds. The third-order valence-corrected chi connectivity index (χ3v) is 6.07. The zero-order valence-corrected chi connectivity index (χ0v) is 15.7. The first-order chi connectivity index (χ1) is 14.1. The van der Waals surface area contributed by atoms with Crippen molar-refractivity contribution in [1.82, 2.24) is 24.9 Å². The Bertz CT molecular complexity index is 1150. The summed E-state index contributed by atoms with van der Waals surface area (Å²) in [4.78, 5) is 23.9. The van der Waals surface area contributed by atoms with E-state index in [9.17, 15) is 9.18 Å². The van der Waals surface area contributed by atoms with Crippen LogP contribution in [0.3, 0.4) is 0 Å². The molecule has 0 aromatic carbocycles. The summed E-state index contributed by atoms with van der Waals surface area (Å²) in [6, 6.07) is 3.35. The Morgan fingerprint density at radius 2 is 2.24 bits per heavy atom. The maximum atomic E-state index is 14.2. The van der Waals surface area contributed by atoms with Crippen molar-refractivity contribution in [3.8, 4) is 5.88 Å². The minimum absolute atomic E-state index is 0.0591. The number of anilines is 1. The third kappa shape index (κ3) is 2.56. The summed E-state index contributed by atoms with van der Waals surface area (Å²) in [5.41, 5.74) is 1.66. The van der Waals surface area contributed by atoms with E-state index in [-0.39, 0.29) is 30.4 Å². The van der Waals surface area contributed by atoms with Crippen LogP contribution in [-0.4, -0.2) is 44.7 Å². The van der Waals surface area contributed by atoms with Gasteiger partial charge in [-0.05, 0) is 37.3 Å². The molecule has 2 fully saturated rings. The Labute approximate surface area is 165 Å². The van der Waals surface area contributed by atoms with Crippen LogP contribution in [0.5, 0.6) is 5.88 Å². The second-order valence-corrected chi connectivity index (χ2v) is 8.06. The van der Waals surface area contributed by atoms with Gasteiger partial charge >= 0.3 is 0 Å². The molecule has 4 atom stereocenters. The fourth-order valence-corrected chi connectivity index (χ4v) is 4.60. The van der Waals surface area contributed by atoms with Crippen LogP contribution in [0.2, 0.25) is 0 Å². The van der Waals surface area contributed by atoms with Gasteiger partial charge in [-0.2, -0.15) is 5.10 Å². The molecule has 2 aliphatic heterocycles. The number of nitrogens with zero attached hydrogens (tertiary/aromatic N) is 5. The van der Waals surface area contributed by atoms with Crippen molar-refractivity contribution in [2.45, 2.75) is 25.5 Å². The van der Waals surface area contributed by atoms with Gasteiger partial charge < -0.3 is 15.0 Å². The molecule has 1 saturated heterocycles. The third-order valence-electron chi connectivity index (χ3n) is 6.07. The number of halogens is 1. The lowest BCUT2D eigenvalue weighted by Gasteiger charge is -2.30. The maximum Gasteiger partial charge on any atom is 0.256 e. The van der Waals surface area contributed by atoms with E-state index >= 15 is 0 Å². The lowest BCUT2D eigenvalue weighted by Crippen LogP contribution is -2.34. The van der Waals surface area contributed by atoms with Gasteiger partial charge in [0.05, 0.1) is 25.0 Å². The number of hydrogen-bond acceptors (Lipinski definition) is 6. The van der Waals surface area contributed by atoms with Crippen molar-refractivity contribution >= 4 is 17.4 Å². The fraction of sp³-hybridized carbons (Fsp3) is 0.400. The number of hydrogen-bond donors (Lipinski definition) is 1. The molecule has 3 aliphatic rings. The summed E-state index contributed by atoms with van der Waals surface area (Å²) in [5.74, 6) is 1.48. The van der Waals surface area contributed by atoms with Crippen molar-refractivity contribution in [2.24, 2.45) is 11.8 Å². The Kier molecular flexibility index (Phi) is 3.39. The van der Waals surface area contributed by atoms with Crippen LogP contribution in [0.25, 0.3) is 5.65 Å². The van der Waals surface area contributed by atoms with E-state index in [1.165, 1.54) is 18.5 Å². The van der Waals surface area contributed by atoms with Crippen LogP contribution in [0.1, 0.15) is 35.3 Å². The second kappa shape index (κ2) is 5.88. The van der Waals surface area contributed by atoms with E-state index in [2.05, 4.69) is 20.3 Å². The number of nitrogens with one attached hydrogen (secondary N) is 1. The van der Waals surface area contributed by atoms with E-state index in [0.29, 0.717) is 28.9 Å². The van der Waals surface area contributed by atoms with Crippen LogP contribution < -0.4 is 15.0 Å². The van der Waals surface area contributed by atoms with Crippen LogP contribution in [0, 0.1) is 17.7 Å². The molecule has 1 N–H and O–H groups in total. The zero-order valence-electron chi connectivity index (χ0n) is 15.7. The highest BCUT2D eigenvalue weighted by Crippen LogP contribution is 2.58. The van der Waals surface area contributed by atoms with Gasteiger partial charge in [-0.3, -0.25) is 4.79 Å². The topological polar surface area (TPSA) is 84.7 Å². The highest BCUT2D eigenvalue weighted by molar-refractivity contribution is 5.99. The SMILES string of the molecule is C[C@H]1CNC(=O)c2cnn3ccc(nc23)N2C[C@H]3C[C@H]3[C@@H]2c2cc(F)cnc2O1. The van der Waals surface area contributed by atoms with Gasteiger partial charge in [0.15, 0.2) is 5.65 Å². The number of carbonyl (C=O) groups is 1. The van der Waals surface area contributed by atoms with Crippen LogP contribution in [0.15, 0.2) is 30.7 Å². The number of pyridine rings is 1. The maximum absolute atomic E-state index is 14.2. The molecule has 8 nitrogen and oxygen atoms in total. The minimum atomic E-state index is -0.386. The van der Waals surface area contributed by atoms with E-state index in [1.807, 2.05) is 13.0 Å². The van der Waals surface area contributed by atoms with Crippen molar-refractivity contribution in [3.05, 3.63) is 47.7 Å². The number of amides is 1.